The lowest BCUT2D eigenvalue weighted by Crippen LogP contribution is -2.36. The number of benzene rings is 1. The zero-order chi connectivity index (χ0) is 13.8. The summed E-state index contributed by atoms with van der Waals surface area (Å²) in [4.78, 5) is 4.49. The highest BCUT2D eigenvalue weighted by molar-refractivity contribution is 5.77. The molecule has 2 rings (SSSR count). The third-order valence-electron chi connectivity index (χ3n) is 3.51. The Kier molecular flexibility index (Phi) is 4.56. The van der Waals surface area contributed by atoms with Gasteiger partial charge in [-0.25, -0.2) is 4.98 Å². The Bertz CT molecular complexity index is 542. The number of likely N-dealkylation sites (N-methyl/N-ethyl adjacent to an activating group) is 1. The largest absolute Gasteiger partial charge is 0.383 e. The monoisotopic (exact) mass is 261 g/mol. The van der Waals surface area contributed by atoms with E-state index in [1.165, 1.54) is 16.6 Å². The Morgan fingerprint density at radius 3 is 2.74 bits per heavy atom. The lowest BCUT2D eigenvalue weighted by molar-refractivity contribution is 0.160. The second-order valence-electron chi connectivity index (χ2n) is 5.03. The number of fused-ring (bicyclic) bond motifs is 1. The molecule has 1 unspecified atom stereocenters. The molecular weight excluding hydrogens is 238 g/mol. The highest BCUT2D eigenvalue weighted by Gasteiger charge is 2.11. The van der Waals surface area contributed by atoms with Crippen molar-refractivity contribution in [3.05, 3.63) is 29.6 Å². The van der Waals surface area contributed by atoms with Gasteiger partial charge in [0.05, 0.1) is 24.0 Å². The van der Waals surface area contributed by atoms with E-state index in [9.17, 15) is 0 Å². The van der Waals surface area contributed by atoms with Crippen LogP contribution in [0.1, 0.15) is 18.1 Å². The molecule has 0 saturated heterocycles. The lowest BCUT2D eigenvalue weighted by Gasteiger charge is -2.18. The number of nitrogens with zero attached hydrogens (tertiary/aromatic N) is 2. The van der Waals surface area contributed by atoms with Crippen LogP contribution in [-0.4, -0.2) is 35.9 Å². The van der Waals surface area contributed by atoms with Crippen molar-refractivity contribution in [2.75, 3.05) is 20.3 Å². The van der Waals surface area contributed by atoms with Gasteiger partial charge < -0.3 is 14.6 Å². The molecule has 0 aliphatic heterocycles. The normalized spacial score (nSPS) is 13.1. The van der Waals surface area contributed by atoms with E-state index in [0.717, 1.165) is 18.6 Å². The molecule has 0 amide bonds. The van der Waals surface area contributed by atoms with Gasteiger partial charge >= 0.3 is 0 Å². The standard InChI is InChI=1S/C15H23N3O/c1-5-16-13(9-19-4)8-18-10-17-14-6-11(2)12(3)7-15(14)18/h6-7,10,13,16H,5,8-9H2,1-4H3. The van der Waals surface area contributed by atoms with Crippen molar-refractivity contribution < 1.29 is 4.74 Å². The maximum Gasteiger partial charge on any atom is 0.0958 e. The van der Waals surface area contributed by atoms with E-state index in [4.69, 9.17) is 4.74 Å². The first-order chi connectivity index (χ1) is 9.15. The van der Waals surface area contributed by atoms with E-state index < -0.39 is 0 Å². The van der Waals surface area contributed by atoms with Gasteiger partial charge in [-0.05, 0) is 43.7 Å². The number of nitrogens with one attached hydrogen (secondary N) is 1. The van der Waals surface area contributed by atoms with Gasteiger partial charge in [-0.15, -0.1) is 0 Å². The van der Waals surface area contributed by atoms with Gasteiger partial charge in [0.1, 0.15) is 0 Å². The van der Waals surface area contributed by atoms with Crippen LogP contribution in [0.5, 0.6) is 0 Å². The number of rotatable bonds is 6. The molecule has 19 heavy (non-hydrogen) atoms. The van der Waals surface area contributed by atoms with Crippen molar-refractivity contribution in [1.82, 2.24) is 14.9 Å². The second kappa shape index (κ2) is 6.17. The van der Waals surface area contributed by atoms with Crippen molar-refractivity contribution >= 4 is 11.0 Å². The molecule has 0 bridgehead atoms. The highest BCUT2D eigenvalue weighted by Crippen LogP contribution is 2.18. The first-order valence-corrected chi connectivity index (χ1v) is 6.80. The molecule has 0 aliphatic rings. The molecule has 1 heterocycles. The maximum atomic E-state index is 5.26. The van der Waals surface area contributed by atoms with Crippen molar-refractivity contribution in [3.63, 3.8) is 0 Å². The average Bonchev–Trinajstić information content (AvgIpc) is 2.73. The number of hydrogen-bond donors (Lipinski definition) is 1. The summed E-state index contributed by atoms with van der Waals surface area (Å²) in [5, 5.41) is 3.44. The van der Waals surface area contributed by atoms with Crippen LogP contribution in [0.15, 0.2) is 18.5 Å². The Morgan fingerprint density at radius 2 is 2.05 bits per heavy atom. The predicted molar refractivity (Wildman–Crippen MR) is 78.5 cm³/mol. The third-order valence-corrected chi connectivity index (χ3v) is 3.51. The van der Waals surface area contributed by atoms with E-state index in [1.807, 2.05) is 6.33 Å². The molecule has 1 aromatic carbocycles. The molecule has 0 saturated carbocycles. The zero-order valence-corrected chi connectivity index (χ0v) is 12.2. The third kappa shape index (κ3) is 3.14. The highest BCUT2D eigenvalue weighted by atomic mass is 16.5. The molecule has 4 nitrogen and oxygen atoms in total. The fourth-order valence-electron chi connectivity index (χ4n) is 2.36. The van der Waals surface area contributed by atoms with Crippen LogP contribution in [-0.2, 0) is 11.3 Å². The molecule has 0 aliphatic carbocycles. The number of hydrogen-bond acceptors (Lipinski definition) is 3. The van der Waals surface area contributed by atoms with Gasteiger partial charge in [0.2, 0.25) is 0 Å². The first kappa shape index (κ1) is 14.0. The topological polar surface area (TPSA) is 39.1 Å². The summed E-state index contributed by atoms with van der Waals surface area (Å²) in [5.41, 5.74) is 4.86. The van der Waals surface area contributed by atoms with Crippen LogP contribution in [0.25, 0.3) is 11.0 Å². The number of imidazole rings is 1. The van der Waals surface area contributed by atoms with E-state index in [2.05, 4.69) is 47.8 Å². The van der Waals surface area contributed by atoms with E-state index in [0.29, 0.717) is 12.6 Å². The fraction of sp³-hybridized carbons (Fsp3) is 0.533. The van der Waals surface area contributed by atoms with Gasteiger partial charge in [0, 0.05) is 19.7 Å². The van der Waals surface area contributed by atoms with Crippen LogP contribution in [0.2, 0.25) is 0 Å². The molecular formula is C15H23N3O. The van der Waals surface area contributed by atoms with E-state index in [1.54, 1.807) is 7.11 Å². The van der Waals surface area contributed by atoms with Crippen molar-refractivity contribution in [1.29, 1.82) is 0 Å². The quantitative estimate of drug-likeness (QED) is 0.867. The second-order valence-corrected chi connectivity index (χ2v) is 5.03. The molecule has 104 valence electrons. The summed E-state index contributed by atoms with van der Waals surface area (Å²) in [6.45, 7) is 8.91. The Balaban J connectivity index is 2.26. The van der Waals surface area contributed by atoms with Gasteiger partial charge in [-0.1, -0.05) is 6.92 Å². The number of methoxy groups -OCH3 is 1. The number of aromatic nitrogens is 2. The fourth-order valence-corrected chi connectivity index (χ4v) is 2.36. The molecule has 0 radical (unpaired) electrons. The van der Waals surface area contributed by atoms with Crippen molar-refractivity contribution in [2.45, 2.75) is 33.4 Å². The summed E-state index contributed by atoms with van der Waals surface area (Å²) >= 11 is 0. The Morgan fingerprint density at radius 1 is 1.32 bits per heavy atom. The Labute approximate surface area is 114 Å². The lowest BCUT2D eigenvalue weighted by atomic mass is 10.1. The first-order valence-electron chi connectivity index (χ1n) is 6.80. The molecule has 1 N–H and O–H groups in total. The van der Waals surface area contributed by atoms with Crippen LogP contribution in [0, 0.1) is 13.8 Å². The predicted octanol–water partition coefficient (Wildman–Crippen LogP) is 2.28. The van der Waals surface area contributed by atoms with E-state index >= 15 is 0 Å². The summed E-state index contributed by atoms with van der Waals surface area (Å²) in [5.74, 6) is 0. The van der Waals surface area contributed by atoms with Crippen molar-refractivity contribution in [2.24, 2.45) is 0 Å². The Hall–Kier alpha value is -1.39. The molecule has 2 aromatic rings. The summed E-state index contributed by atoms with van der Waals surface area (Å²) in [6, 6.07) is 4.68. The molecule has 4 heteroatoms. The minimum absolute atomic E-state index is 0.314. The van der Waals surface area contributed by atoms with Crippen LogP contribution >= 0.6 is 0 Å². The molecule has 1 aromatic heterocycles. The number of aryl methyl sites for hydroxylation is 2. The molecule has 0 fully saturated rings. The van der Waals surface area contributed by atoms with Crippen LogP contribution < -0.4 is 5.32 Å². The summed E-state index contributed by atoms with van der Waals surface area (Å²) < 4.78 is 7.47. The van der Waals surface area contributed by atoms with Gasteiger partial charge in [0.25, 0.3) is 0 Å². The average molecular weight is 261 g/mol. The molecule has 0 spiro atoms. The van der Waals surface area contributed by atoms with Crippen LogP contribution in [0.4, 0.5) is 0 Å². The summed E-state index contributed by atoms with van der Waals surface area (Å²) in [7, 11) is 1.74. The van der Waals surface area contributed by atoms with Crippen LogP contribution in [0.3, 0.4) is 0 Å². The van der Waals surface area contributed by atoms with Crippen molar-refractivity contribution in [3.8, 4) is 0 Å². The molecule has 1 atom stereocenters. The smallest absolute Gasteiger partial charge is 0.0958 e. The van der Waals surface area contributed by atoms with Gasteiger partial charge in [-0.2, -0.15) is 0 Å². The van der Waals surface area contributed by atoms with Gasteiger partial charge in [0.15, 0.2) is 0 Å². The SMILES string of the molecule is CCNC(COC)Cn1cnc2cc(C)c(C)cc21. The maximum absolute atomic E-state index is 5.26. The van der Waals surface area contributed by atoms with Gasteiger partial charge in [-0.3, -0.25) is 0 Å². The minimum atomic E-state index is 0.314. The summed E-state index contributed by atoms with van der Waals surface area (Å²) in [6.07, 6.45) is 1.92. The zero-order valence-electron chi connectivity index (χ0n) is 12.2. The minimum Gasteiger partial charge on any atom is -0.383 e. The van der Waals surface area contributed by atoms with E-state index in [-0.39, 0.29) is 0 Å². The number of ether oxygens (including phenoxy) is 1.